The second-order valence-electron chi connectivity index (χ2n) is 3.11. The van der Waals surface area contributed by atoms with Crippen LogP contribution in [0.1, 0.15) is 0 Å². The summed E-state index contributed by atoms with van der Waals surface area (Å²) in [6.45, 7) is 1.12. The molecule has 0 radical (unpaired) electrons. The maximum Gasteiger partial charge on any atom is 0.364 e. The second-order valence-corrected chi connectivity index (χ2v) is 3.11. The van der Waals surface area contributed by atoms with Crippen molar-refractivity contribution in [2.24, 2.45) is 5.73 Å². The Morgan fingerprint density at radius 2 is 2.38 bits per heavy atom. The fourth-order valence-corrected chi connectivity index (χ4v) is 1.24. The molecule has 0 fully saturated rings. The first-order chi connectivity index (χ1) is 7.81. The van der Waals surface area contributed by atoms with E-state index in [4.69, 9.17) is 5.73 Å². The largest absolute Gasteiger partial charge is 0.365 e. The Kier molecular flexibility index (Phi) is 2.97. The lowest BCUT2D eigenvalue weighted by Crippen LogP contribution is -2.14. The zero-order valence-corrected chi connectivity index (χ0v) is 8.55. The maximum atomic E-state index is 11.2. The van der Waals surface area contributed by atoms with Gasteiger partial charge in [0, 0.05) is 13.1 Å². The molecule has 0 spiro atoms. The van der Waals surface area contributed by atoms with Crippen molar-refractivity contribution in [1.82, 2.24) is 19.8 Å². The minimum atomic E-state index is -0.351. The molecule has 2 heterocycles. The summed E-state index contributed by atoms with van der Waals surface area (Å²) in [4.78, 5) is 11.2. The summed E-state index contributed by atoms with van der Waals surface area (Å²) >= 11 is 0. The molecule has 0 saturated heterocycles. The fourth-order valence-electron chi connectivity index (χ4n) is 1.24. The van der Waals surface area contributed by atoms with Gasteiger partial charge >= 0.3 is 5.69 Å². The van der Waals surface area contributed by atoms with Crippen LogP contribution >= 0.6 is 0 Å². The SMILES string of the molecule is NC/C=C/CNc1ccc2n[nH]c(=O)n2n1. The van der Waals surface area contributed by atoms with Gasteiger partial charge in [-0.2, -0.15) is 9.61 Å². The van der Waals surface area contributed by atoms with Crippen molar-refractivity contribution in [2.75, 3.05) is 18.4 Å². The van der Waals surface area contributed by atoms with E-state index < -0.39 is 0 Å². The average molecular weight is 220 g/mol. The van der Waals surface area contributed by atoms with Gasteiger partial charge in [-0.15, -0.1) is 5.10 Å². The van der Waals surface area contributed by atoms with Crippen LogP contribution in [-0.4, -0.2) is 32.9 Å². The monoisotopic (exact) mass is 220 g/mol. The molecule has 4 N–H and O–H groups in total. The molecule has 2 aromatic heterocycles. The quantitative estimate of drug-likeness (QED) is 0.594. The molecule has 0 aliphatic heterocycles. The van der Waals surface area contributed by atoms with Crippen molar-refractivity contribution in [3.63, 3.8) is 0 Å². The van der Waals surface area contributed by atoms with Crippen LogP contribution in [0.25, 0.3) is 5.65 Å². The van der Waals surface area contributed by atoms with E-state index in [1.165, 1.54) is 4.52 Å². The van der Waals surface area contributed by atoms with Crippen LogP contribution in [-0.2, 0) is 0 Å². The first kappa shape index (κ1) is 10.4. The molecule has 0 aliphatic rings. The van der Waals surface area contributed by atoms with E-state index in [0.717, 1.165) is 0 Å². The Morgan fingerprint density at radius 1 is 1.50 bits per heavy atom. The van der Waals surface area contributed by atoms with Gasteiger partial charge in [-0.25, -0.2) is 9.89 Å². The number of rotatable bonds is 4. The lowest BCUT2D eigenvalue weighted by Gasteiger charge is -2.01. The molecule has 0 unspecified atom stereocenters. The minimum absolute atomic E-state index is 0.351. The van der Waals surface area contributed by atoms with E-state index in [1.54, 1.807) is 12.1 Å². The van der Waals surface area contributed by atoms with E-state index >= 15 is 0 Å². The highest BCUT2D eigenvalue weighted by Gasteiger charge is 2.01. The molecule has 7 nitrogen and oxygen atoms in total. The van der Waals surface area contributed by atoms with Crippen LogP contribution in [0, 0.1) is 0 Å². The van der Waals surface area contributed by atoms with Crippen molar-refractivity contribution >= 4 is 11.5 Å². The molecule has 2 aromatic rings. The highest BCUT2D eigenvalue weighted by atomic mass is 16.2. The lowest BCUT2D eigenvalue weighted by molar-refractivity contribution is 0.880. The van der Waals surface area contributed by atoms with Crippen molar-refractivity contribution in [3.8, 4) is 0 Å². The van der Waals surface area contributed by atoms with E-state index in [1.807, 2.05) is 12.2 Å². The number of hydrogen-bond donors (Lipinski definition) is 3. The second kappa shape index (κ2) is 4.58. The highest BCUT2D eigenvalue weighted by Crippen LogP contribution is 2.01. The number of H-pyrrole nitrogens is 1. The fraction of sp³-hybridized carbons (Fsp3) is 0.222. The molecule has 2 rings (SSSR count). The summed E-state index contributed by atoms with van der Waals surface area (Å²) in [7, 11) is 0. The Bertz CT molecular complexity index is 554. The average Bonchev–Trinajstić information content (AvgIpc) is 2.67. The molecule has 7 heteroatoms. The molecule has 0 aliphatic carbocycles. The zero-order valence-electron chi connectivity index (χ0n) is 8.55. The van der Waals surface area contributed by atoms with E-state index in [9.17, 15) is 4.79 Å². The predicted molar refractivity (Wildman–Crippen MR) is 60.3 cm³/mol. The topological polar surface area (TPSA) is 101 Å². The lowest BCUT2D eigenvalue weighted by atomic mass is 10.4. The first-order valence-corrected chi connectivity index (χ1v) is 4.84. The summed E-state index contributed by atoms with van der Waals surface area (Å²) in [6, 6.07) is 3.46. The molecule has 0 atom stereocenters. The standard InChI is InChI=1S/C9H12N6O/c10-5-1-2-6-11-7-3-4-8-12-13-9(16)15(8)14-7/h1-4H,5-6,10H2,(H,11,14)(H,13,16)/b2-1+. The van der Waals surface area contributed by atoms with Crippen molar-refractivity contribution < 1.29 is 0 Å². The number of nitrogens with one attached hydrogen (secondary N) is 2. The number of aromatic nitrogens is 4. The van der Waals surface area contributed by atoms with E-state index in [2.05, 4.69) is 20.6 Å². The van der Waals surface area contributed by atoms with Crippen LogP contribution < -0.4 is 16.7 Å². The van der Waals surface area contributed by atoms with Gasteiger partial charge in [-0.05, 0) is 12.1 Å². The minimum Gasteiger partial charge on any atom is -0.365 e. The zero-order chi connectivity index (χ0) is 11.4. The normalized spacial score (nSPS) is 11.3. The van der Waals surface area contributed by atoms with Crippen LogP contribution in [0.15, 0.2) is 29.1 Å². The van der Waals surface area contributed by atoms with Crippen LogP contribution in [0.3, 0.4) is 0 Å². The molecule has 0 saturated carbocycles. The van der Waals surface area contributed by atoms with Gasteiger partial charge in [-0.1, -0.05) is 12.2 Å². The molecule has 84 valence electrons. The van der Waals surface area contributed by atoms with Crippen LogP contribution in [0.4, 0.5) is 5.82 Å². The summed E-state index contributed by atoms with van der Waals surface area (Å²) in [5.74, 6) is 0.609. The molecular weight excluding hydrogens is 208 g/mol. The van der Waals surface area contributed by atoms with Crippen molar-refractivity contribution in [1.29, 1.82) is 0 Å². The van der Waals surface area contributed by atoms with Crippen LogP contribution in [0.2, 0.25) is 0 Å². The Hall–Kier alpha value is -2.15. The van der Waals surface area contributed by atoms with Gasteiger partial charge in [-0.3, -0.25) is 0 Å². The third-order valence-corrected chi connectivity index (χ3v) is 1.98. The first-order valence-electron chi connectivity index (χ1n) is 4.84. The molecule has 0 amide bonds. The van der Waals surface area contributed by atoms with Gasteiger partial charge in [0.25, 0.3) is 0 Å². The summed E-state index contributed by atoms with van der Waals surface area (Å²) in [5.41, 5.74) is 5.44. The number of aromatic amines is 1. The summed E-state index contributed by atoms with van der Waals surface area (Å²) in [6.07, 6.45) is 3.74. The predicted octanol–water partition coefficient (Wildman–Crippen LogP) is -0.656. The summed E-state index contributed by atoms with van der Waals surface area (Å²) in [5, 5.41) is 13.2. The van der Waals surface area contributed by atoms with Gasteiger partial charge in [0.15, 0.2) is 5.65 Å². The van der Waals surface area contributed by atoms with Crippen molar-refractivity contribution in [3.05, 3.63) is 34.8 Å². The number of anilines is 1. The molecule has 0 aromatic carbocycles. The number of nitrogens with zero attached hydrogens (tertiary/aromatic N) is 3. The molecule has 16 heavy (non-hydrogen) atoms. The van der Waals surface area contributed by atoms with E-state index in [0.29, 0.717) is 24.6 Å². The Labute approximate surface area is 91.0 Å². The van der Waals surface area contributed by atoms with Gasteiger partial charge in [0.1, 0.15) is 5.82 Å². The van der Waals surface area contributed by atoms with Gasteiger partial charge < -0.3 is 11.1 Å². The third-order valence-electron chi connectivity index (χ3n) is 1.98. The molecule has 0 bridgehead atoms. The van der Waals surface area contributed by atoms with Gasteiger partial charge in [0.05, 0.1) is 0 Å². The molecular formula is C9H12N6O. The highest BCUT2D eigenvalue weighted by molar-refractivity contribution is 5.43. The Morgan fingerprint density at radius 3 is 3.19 bits per heavy atom. The van der Waals surface area contributed by atoms with Gasteiger partial charge in [0.2, 0.25) is 0 Å². The van der Waals surface area contributed by atoms with Crippen LogP contribution in [0.5, 0.6) is 0 Å². The van der Waals surface area contributed by atoms with Crippen molar-refractivity contribution in [2.45, 2.75) is 0 Å². The summed E-state index contributed by atoms with van der Waals surface area (Å²) < 4.78 is 1.20. The maximum absolute atomic E-state index is 11.2. The number of hydrogen-bond acceptors (Lipinski definition) is 5. The number of nitrogens with two attached hydrogens (primary N) is 1. The smallest absolute Gasteiger partial charge is 0.364 e. The van der Waals surface area contributed by atoms with E-state index in [-0.39, 0.29) is 5.69 Å². The third kappa shape index (κ3) is 2.09. The Balaban J connectivity index is 2.16. The number of fused-ring (bicyclic) bond motifs is 1.